The van der Waals surface area contributed by atoms with Gasteiger partial charge in [0.25, 0.3) is 0 Å². The van der Waals surface area contributed by atoms with Gasteiger partial charge in [0.05, 0.1) is 11.4 Å². The maximum atomic E-state index is 14.2. The first-order valence-electron chi connectivity index (χ1n) is 18.7. The van der Waals surface area contributed by atoms with E-state index >= 15 is 0 Å². The normalized spacial score (nSPS) is 11.6. The molecule has 6 heteroatoms. The van der Waals surface area contributed by atoms with Crippen LogP contribution in [0.5, 0.6) is 0 Å². The molecule has 3 nitrogen and oxygen atoms in total. The Morgan fingerprint density at radius 2 is 0.842 bits per heavy atom. The topological polar surface area (TPSA) is 38.7 Å². The zero-order valence-corrected chi connectivity index (χ0v) is 32.0. The second kappa shape index (κ2) is 13.7. The van der Waals surface area contributed by atoms with E-state index < -0.39 is 0 Å². The lowest BCUT2D eigenvalue weighted by Gasteiger charge is -2.14. The maximum absolute atomic E-state index is 14.2. The van der Waals surface area contributed by atoms with Crippen LogP contribution < -0.4 is 0 Å². The predicted molar refractivity (Wildman–Crippen MR) is 238 cm³/mol. The molecule has 268 valence electrons. The molecule has 0 amide bonds. The third kappa shape index (κ3) is 6.16. The molecule has 0 bridgehead atoms. The Balaban J connectivity index is 1.12. The van der Waals surface area contributed by atoms with Crippen molar-refractivity contribution in [1.29, 1.82) is 0 Å². The molecule has 0 fully saturated rings. The van der Waals surface area contributed by atoms with Gasteiger partial charge >= 0.3 is 0 Å². The van der Waals surface area contributed by atoms with Crippen molar-refractivity contribution >= 4 is 63.0 Å². The van der Waals surface area contributed by atoms with Crippen LogP contribution in [0.1, 0.15) is 0 Å². The van der Waals surface area contributed by atoms with Crippen LogP contribution in [0.25, 0.3) is 108 Å². The van der Waals surface area contributed by atoms with Gasteiger partial charge in [0.1, 0.15) is 5.82 Å². The van der Waals surface area contributed by atoms with Crippen molar-refractivity contribution in [2.45, 2.75) is 0 Å². The zero-order valence-electron chi connectivity index (χ0n) is 30.4. The summed E-state index contributed by atoms with van der Waals surface area (Å²) in [5.41, 5.74) is 10.7. The summed E-state index contributed by atoms with van der Waals surface area (Å²) >= 11 is 3.64. The summed E-state index contributed by atoms with van der Waals surface area (Å²) in [6.45, 7) is 0. The van der Waals surface area contributed by atoms with Crippen molar-refractivity contribution in [3.05, 3.63) is 188 Å². The van der Waals surface area contributed by atoms with Crippen LogP contribution in [-0.2, 0) is 0 Å². The number of hydrogen-bond acceptors (Lipinski definition) is 5. The Bertz CT molecular complexity index is 3160. The second-order valence-electron chi connectivity index (χ2n) is 14.2. The number of rotatable bonds is 6. The Morgan fingerprint density at radius 3 is 1.40 bits per heavy atom. The zero-order chi connectivity index (χ0) is 37.9. The van der Waals surface area contributed by atoms with Crippen LogP contribution >= 0.6 is 22.7 Å². The second-order valence-corrected chi connectivity index (χ2v) is 16.4. The molecule has 4 heterocycles. The van der Waals surface area contributed by atoms with Gasteiger partial charge < -0.3 is 0 Å². The molecule has 0 radical (unpaired) electrons. The molecule has 11 aromatic rings. The molecule has 0 atom stereocenters. The fraction of sp³-hybridized carbons (Fsp3) is 0. The molecule has 0 aliphatic carbocycles. The quantitative estimate of drug-likeness (QED) is 0.169. The lowest BCUT2D eigenvalue weighted by atomic mass is 9.94. The van der Waals surface area contributed by atoms with Crippen molar-refractivity contribution in [2.75, 3.05) is 0 Å². The van der Waals surface area contributed by atoms with E-state index in [1.165, 1.54) is 52.5 Å². The fourth-order valence-electron chi connectivity index (χ4n) is 7.76. The summed E-state index contributed by atoms with van der Waals surface area (Å²) in [4.78, 5) is 14.8. The standard InChI is InChI=1S/C51H30FN3S2/c52-40-19-15-33(16-20-40)46-29-45(32-13-11-31(12-14-32)36-6-5-23-53-30-36)54-51(55-46)39-25-37(34-17-21-49-43(27-34)41-7-1-3-9-47(41)56-49)24-38(26-39)35-18-22-50-44(28-35)42-8-2-4-10-48(42)57-50/h1-30H. The highest BCUT2D eigenvalue weighted by atomic mass is 32.1. The summed E-state index contributed by atoms with van der Waals surface area (Å²) in [7, 11) is 0. The van der Waals surface area contributed by atoms with Gasteiger partial charge in [-0.2, -0.15) is 0 Å². The van der Waals surface area contributed by atoms with Crippen LogP contribution in [-0.4, -0.2) is 15.0 Å². The lowest BCUT2D eigenvalue weighted by molar-refractivity contribution is 0.628. The molecule has 0 aliphatic rings. The summed E-state index contributed by atoms with van der Waals surface area (Å²) in [6.07, 6.45) is 3.65. The number of hydrogen-bond donors (Lipinski definition) is 0. The Labute approximate surface area is 336 Å². The van der Waals surface area contributed by atoms with E-state index in [1.54, 1.807) is 18.3 Å². The molecule has 0 spiro atoms. The van der Waals surface area contributed by atoms with Crippen molar-refractivity contribution < 1.29 is 4.39 Å². The van der Waals surface area contributed by atoms with Crippen molar-refractivity contribution in [1.82, 2.24) is 15.0 Å². The average Bonchev–Trinajstić information content (AvgIpc) is 3.84. The molecule has 4 aromatic heterocycles. The molecule has 11 rings (SSSR count). The van der Waals surface area contributed by atoms with E-state index in [-0.39, 0.29) is 5.82 Å². The number of thiophene rings is 2. The highest BCUT2D eigenvalue weighted by molar-refractivity contribution is 7.26. The highest BCUT2D eigenvalue weighted by Crippen LogP contribution is 2.41. The minimum absolute atomic E-state index is 0.290. The van der Waals surface area contributed by atoms with Crippen LogP contribution in [0.3, 0.4) is 0 Å². The van der Waals surface area contributed by atoms with Crippen LogP contribution in [0.15, 0.2) is 182 Å². The van der Waals surface area contributed by atoms with Crippen LogP contribution in [0.2, 0.25) is 0 Å². The van der Waals surface area contributed by atoms with Gasteiger partial charge in [0.2, 0.25) is 0 Å². The Hall–Kier alpha value is -6.86. The van der Waals surface area contributed by atoms with Gasteiger partial charge in [0.15, 0.2) is 5.82 Å². The third-order valence-corrected chi connectivity index (χ3v) is 13.0. The largest absolute Gasteiger partial charge is 0.264 e. The van der Waals surface area contributed by atoms with E-state index in [1.807, 2.05) is 41.0 Å². The first-order chi connectivity index (χ1) is 28.1. The van der Waals surface area contributed by atoms with E-state index in [9.17, 15) is 4.39 Å². The summed E-state index contributed by atoms with van der Waals surface area (Å²) in [6, 6.07) is 58.4. The van der Waals surface area contributed by atoms with E-state index in [2.05, 4.69) is 138 Å². The maximum Gasteiger partial charge on any atom is 0.160 e. The van der Waals surface area contributed by atoms with Gasteiger partial charge in [-0.15, -0.1) is 22.7 Å². The molecule has 0 saturated heterocycles. The van der Waals surface area contributed by atoms with Gasteiger partial charge in [-0.1, -0.05) is 78.9 Å². The highest BCUT2D eigenvalue weighted by Gasteiger charge is 2.16. The minimum Gasteiger partial charge on any atom is -0.264 e. The molecular formula is C51H30FN3S2. The molecule has 0 saturated carbocycles. The van der Waals surface area contributed by atoms with Gasteiger partial charge in [0, 0.05) is 69.4 Å². The monoisotopic (exact) mass is 767 g/mol. The summed E-state index contributed by atoms with van der Waals surface area (Å²) in [5, 5.41) is 5.02. The predicted octanol–water partition coefficient (Wildman–Crippen LogP) is 14.7. The smallest absolute Gasteiger partial charge is 0.160 e. The molecule has 0 aliphatic heterocycles. The minimum atomic E-state index is -0.290. The third-order valence-electron chi connectivity index (χ3n) is 10.7. The molecule has 7 aromatic carbocycles. The molecule has 0 N–H and O–H groups in total. The van der Waals surface area contributed by atoms with Crippen molar-refractivity contribution in [3.8, 4) is 67.3 Å². The Kier molecular flexibility index (Phi) is 8.05. The van der Waals surface area contributed by atoms with Gasteiger partial charge in [-0.05, 0) is 124 Å². The van der Waals surface area contributed by atoms with E-state index in [0.717, 1.165) is 61.5 Å². The Morgan fingerprint density at radius 1 is 0.351 bits per heavy atom. The van der Waals surface area contributed by atoms with Crippen LogP contribution in [0, 0.1) is 5.82 Å². The number of pyridine rings is 1. The molecule has 0 unspecified atom stereocenters. The van der Waals surface area contributed by atoms with E-state index in [4.69, 9.17) is 9.97 Å². The lowest BCUT2D eigenvalue weighted by Crippen LogP contribution is -1.97. The van der Waals surface area contributed by atoms with Crippen molar-refractivity contribution in [2.24, 2.45) is 0 Å². The number of halogens is 1. The molecular weight excluding hydrogens is 738 g/mol. The van der Waals surface area contributed by atoms with Crippen LogP contribution in [0.4, 0.5) is 4.39 Å². The summed E-state index contributed by atoms with van der Waals surface area (Å²) in [5.74, 6) is 0.303. The fourth-order valence-corrected chi connectivity index (χ4v) is 9.93. The van der Waals surface area contributed by atoms with Gasteiger partial charge in [-0.3, -0.25) is 4.98 Å². The molecule has 57 heavy (non-hydrogen) atoms. The first-order valence-corrected chi connectivity index (χ1v) is 20.4. The number of benzene rings is 7. The number of nitrogens with zero attached hydrogens (tertiary/aromatic N) is 3. The number of fused-ring (bicyclic) bond motifs is 6. The first kappa shape index (κ1) is 33.5. The summed E-state index contributed by atoms with van der Waals surface area (Å²) < 4.78 is 19.3. The van der Waals surface area contributed by atoms with Gasteiger partial charge in [-0.25, -0.2) is 14.4 Å². The SMILES string of the molecule is Fc1ccc(-c2cc(-c3ccc(-c4cccnc4)cc3)nc(-c3cc(-c4ccc5sc6ccccc6c5c4)cc(-c4ccc5sc6ccccc6c5c4)c3)n2)cc1. The van der Waals surface area contributed by atoms with E-state index in [0.29, 0.717) is 5.82 Å². The average molecular weight is 768 g/mol. The number of aromatic nitrogens is 3. The van der Waals surface area contributed by atoms with Crippen molar-refractivity contribution in [3.63, 3.8) is 0 Å².